The van der Waals surface area contributed by atoms with E-state index < -0.39 is 0 Å². The van der Waals surface area contributed by atoms with Crippen molar-refractivity contribution in [1.82, 2.24) is 19.9 Å². The zero-order chi connectivity index (χ0) is 20.3. The molecule has 3 rings (SSSR count). The number of anilines is 2. The molecule has 0 radical (unpaired) electrons. The number of ether oxygens (including phenoxy) is 2. The van der Waals surface area contributed by atoms with E-state index in [-0.39, 0.29) is 5.97 Å². The highest BCUT2D eigenvalue weighted by Gasteiger charge is 2.10. The van der Waals surface area contributed by atoms with Gasteiger partial charge in [-0.05, 0) is 36.5 Å². The molecule has 1 saturated heterocycles. The van der Waals surface area contributed by atoms with Crippen LogP contribution in [0.2, 0.25) is 0 Å². The van der Waals surface area contributed by atoms with Crippen molar-refractivity contribution in [1.29, 1.82) is 0 Å². The third kappa shape index (κ3) is 7.24. The first-order chi connectivity index (χ1) is 14.2. The molecule has 2 aromatic heterocycles. The Hall–Kier alpha value is -2.84. The maximum absolute atomic E-state index is 11.0. The molecule has 0 saturated carbocycles. The average molecular weight is 397 g/mol. The summed E-state index contributed by atoms with van der Waals surface area (Å²) in [7, 11) is 1.37. The predicted molar refractivity (Wildman–Crippen MR) is 110 cm³/mol. The predicted octanol–water partition coefficient (Wildman–Crippen LogP) is 2.50. The van der Waals surface area contributed by atoms with Crippen molar-refractivity contribution in [3.05, 3.63) is 54.0 Å². The summed E-state index contributed by atoms with van der Waals surface area (Å²) in [6, 6.07) is 4.02. The van der Waals surface area contributed by atoms with Crippen molar-refractivity contribution in [2.45, 2.75) is 25.8 Å². The zero-order valence-electron chi connectivity index (χ0n) is 16.7. The maximum atomic E-state index is 11.0. The van der Waals surface area contributed by atoms with Crippen LogP contribution in [0.25, 0.3) is 0 Å². The highest BCUT2D eigenvalue weighted by Crippen LogP contribution is 2.13. The van der Waals surface area contributed by atoms with E-state index >= 15 is 0 Å². The van der Waals surface area contributed by atoms with Gasteiger partial charge >= 0.3 is 5.97 Å². The normalized spacial score (nSPS) is 14.8. The lowest BCUT2D eigenvalue weighted by Crippen LogP contribution is -2.35. The van der Waals surface area contributed by atoms with E-state index in [4.69, 9.17) is 4.74 Å². The summed E-state index contributed by atoms with van der Waals surface area (Å²) in [5, 5.41) is 3.13. The second-order valence-corrected chi connectivity index (χ2v) is 6.80. The van der Waals surface area contributed by atoms with Crippen LogP contribution in [-0.2, 0) is 27.2 Å². The number of nitrogens with one attached hydrogen (secondary N) is 1. The van der Waals surface area contributed by atoms with Gasteiger partial charge in [-0.3, -0.25) is 4.90 Å². The SMILES string of the molecule is COC(=O)/C=C/CCCc1cnc(Nc2ccc(CN3CCOCC3)cn2)nc1. The summed E-state index contributed by atoms with van der Waals surface area (Å²) >= 11 is 0. The smallest absolute Gasteiger partial charge is 0.330 e. The van der Waals surface area contributed by atoms with Crippen LogP contribution >= 0.6 is 0 Å². The third-order valence-corrected chi connectivity index (χ3v) is 4.57. The molecule has 154 valence electrons. The molecule has 0 unspecified atom stereocenters. The minimum atomic E-state index is -0.327. The number of esters is 1. The van der Waals surface area contributed by atoms with E-state index in [2.05, 4.69) is 36.0 Å². The van der Waals surface area contributed by atoms with Crippen molar-refractivity contribution in [3.8, 4) is 0 Å². The molecule has 3 heterocycles. The maximum Gasteiger partial charge on any atom is 0.330 e. The Morgan fingerprint density at radius 1 is 1.17 bits per heavy atom. The summed E-state index contributed by atoms with van der Waals surface area (Å²) in [5.41, 5.74) is 2.23. The van der Waals surface area contributed by atoms with Gasteiger partial charge in [0.05, 0.1) is 20.3 Å². The van der Waals surface area contributed by atoms with Gasteiger partial charge in [0, 0.05) is 44.3 Å². The first kappa shape index (κ1) is 20.9. The number of methoxy groups -OCH3 is 1. The van der Waals surface area contributed by atoms with Gasteiger partial charge in [0.1, 0.15) is 5.82 Å². The molecule has 0 amide bonds. The molecule has 29 heavy (non-hydrogen) atoms. The molecule has 0 aliphatic carbocycles. The number of pyridine rings is 1. The molecule has 0 spiro atoms. The fraction of sp³-hybridized carbons (Fsp3) is 0.429. The Morgan fingerprint density at radius 2 is 1.93 bits per heavy atom. The number of rotatable bonds is 9. The third-order valence-electron chi connectivity index (χ3n) is 4.57. The van der Waals surface area contributed by atoms with Gasteiger partial charge in [-0.15, -0.1) is 0 Å². The number of hydrogen-bond acceptors (Lipinski definition) is 8. The minimum Gasteiger partial charge on any atom is -0.466 e. The Kier molecular flexibility index (Phi) is 8.09. The number of morpholine rings is 1. The first-order valence-corrected chi connectivity index (χ1v) is 9.80. The van der Waals surface area contributed by atoms with Gasteiger partial charge in [-0.2, -0.15) is 0 Å². The molecular weight excluding hydrogens is 370 g/mol. The Labute approximate surface area is 171 Å². The molecule has 1 N–H and O–H groups in total. The van der Waals surface area contributed by atoms with Crippen molar-refractivity contribution in [3.63, 3.8) is 0 Å². The van der Waals surface area contributed by atoms with Crippen molar-refractivity contribution < 1.29 is 14.3 Å². The van der Waals surface area contributed by atoms with Crippen molar-refractivity contribution in [2.24, 2.45) is 0 Å². The summed E-state index contributed by atoms with van der Waals surface area (Å²) in [6.07, 6.45) is 11.3. The lowest BCUT2D eigenvalue weighted by Gasteiger charge is -2.26. The van der Waals surface area contributed by atoms with E-state index in [0.29, 0.717) is 5.95 Å². The number of aryl methyl sites for hydroxylation is 1. The lowest BCUT2D eigenvalue weighted by molar-refractivity contribution is -0.134. The highest BCUT2D eigenvalue weighted by atomic mass is 16.5. The van der Waals surface area contributed by atoms with E-state index in [9.17, 15) is 4.79 Å². The number of hydrogen-bond donors (Lipinski definition) is 1. The van der Waals surface area contributed by atoms with Gasteiger partial charge in [0.2, 0.25) is 5.95 Å². The van der Waals surface area contributed by atoms with Crippen LogP contribution in [0, 0.1) is 0 Å². The standard InChI is InChI=1S/C21H27N5O3/c1-28-20(27)6-4-2-3-5-17-13-23-21(24-14-17)25-19-8-7-18(15-22-19)16-26-9-11-29-12-10-26/h4,6-8,13-15H,2-3,5,9-12,16H2,1H3,(H,22,23,24,25)/b6-4+. The van der Waals surface area contributed by atoms with Crippen LogP contribution in [0.3, 0.4) is 0 Å². The Morgan fingerprint density at radius 3 is 2.62 bits per heavy atom. The van der Waals surface area contributed by atoms with Crippen LogP contribution in [0.4, 0.5) is 11.8 Å². The van der Waals surface area contributed by atoms with Gasteiger partial charge in [0.15, 0.2) is 0 Å². The second-order valence-electron chi connectivity index (χ2n) is 6.80. The van der Waals surface area contributed by atoms with Crippen LogP contribution in [0.1, 0.15) is 24.0 Å². The molecule has 2 aromatic rings. The number of aromatic nitrogens is 3. The van der Waals surface area contributed by atoms with Gasteiger partial charge in [0.25, 0.3) is 0 Å². The zero-order valence-corrected chi connectivity index (χ0v) is 16.7. The summed E-state index contributed by atoms with van der Waals surface area (Å²) in [4.78, 5) is 26.5. The summed E-state index contributed by atoms with van der Waals surface area (Å²) < 4.78 is 9.93. The van der Waals surface area contributed by atoms with Gasteiger partial charge in [-0.1, -0.05) is 12.1 Å². The first-order valence-electron chi connectivity index (χ1n) is 9.80. The van der Waals surface area contributed by atoms with Gasteiger partial charge < -0.3 is 14.8 Å². The van der Waals surface area contributed by atoms with Crippen molar-refractivity contribution >= 4 is 17.7 Å². The molecule has 0 bridgehead atoms. The average Bonchev–Trinajstić information content (AvgIpc) is 2.76. The van der Waals surface area contributed by atoms with Crippen LogP contribution in [0.15, 0.2) is 42.9 Å². The van der Waals surface area contributed by atoms with Crippen LogP contribution in [0.5, 0.6) is 0 Å². The molecule has 1 aliphatic rings. The van der Waals surface area contributed by atoms with E-state index in [1.54, 1.807) is 0 Å². The minimum absolute atomic E-state index is 0.327. The van der Waals surface area contributed by atoms with E-state index in [1.807, 2.05) is 30.7 Å². The molecule has 8 nitrogen and oxygen atoms in total. The monoisotopic (exact) mass is 397 g/mol. The van der Waals surface area contributed by atoms with Crippen LogP contribution in [-0.4, -0.2) is 59.2 Å². The summed E-state index contributed by atoms with van der Waals surface area (Å²) in [5.74, 6) is 0.913. The molecule has 0 atom stereocenters. The number of carbonyl (C=O) groups is 1. The van der Waals surface area contributed by atoms with E-state index in [0.717, 1.165) is 63.5 Å². The van der Waals surface area contributed by atoms with E-state index in [1.165, 1.54) is 18.7 Å². The number of nitrogens with zero attached hydrogens (tertiary/aromatic N) is 4. The Balaban J connectivity index is 1.43. The largest absolute Gasteiger partial charge is 0.466 e. The number of unbranched alkanes of at least 4 members (excludes halogenated alkanes) is 1. The molecule has 0 aromatic carbocycles. The fourth-order valence-electron chi connectivity index (χ4n) is 2.94. The lowest BCUT2D eigenvalue weighted by atomic mass is 10.1. The number of allylic oxidation sites excluding steroid dienone is 1. The fourth-order valence-corrected chi connectivity index (χ4v) is 2.94. The quantitative estimate of drug-likeness (QED) is 0.392. The molecular formula is C21H27N5O3. The molecule has 1 fully saturated rings. The summed E-state index contributed by atoms with van der Waals surface area (Å²) in [6.45, 7) is 4.40. The highest BCUT2D eigenvalue weighted by molar-refractivity contribution is 5.81. The van der Waals surface area contributed by atoms with Gasteiger partial charge in [-0.25, -0.2) is 19.7 Å². The second kappa shape index (κ2) is 11.2. The van der Waals surface area contributed by atoms with Crippen molar-refractivity contribution in [2.75, 3.05) is 38.7 Å². The Bertz CT molecular complexity index is 787. The van der Waals surface area contributed by atoms with Crippen LogP contribution < -0.4 is 5.32 Å². The molecule has 8 heteroatoms. The topological polar surface area (TPSA) is 89.5 Å². The molecule has 1 aliphatic heterocycles. The number of carbonyl (C=O) groups excluding carboxylic acids is 1.